The van der Waals surface area contributed by atoms with Crippen LogP contribution in [0, 0.1) is 12.7 Å². The van der Waals surface area contributed by atoms with Crippen molar-refractivity contribution in [2.24, 2.45) is 0 Å². The molecule has 9 nitrogen and oxygen atoms in total. The number of rotatable bonds is 7. The molecule has 2 aromatic carbocycles. The lowest BCUT2D eigenvalue weighted by molar-refractivity contribution is -0.139. The summed E-state index contributed by atoms with van der Waals surface area (Å²) in [6, 6.07) is 9.93. The molecule has 220 valence electrons. The highest BCUT2D eigenvalue weighted by molar-refractivity contribution is 6.08. The van der Waals surface area contributed by atoms with Crippen LogP contribution in [-0.2, 0) is 16.1 Å². The highest BCUT2D eigenvalue weighted by Gasteiger charge is 2.40. The third kappa shape index (κ3) is 5.26. The van der Waals surface area contributed by atoms with Crippen molar-refractivity contribution < 1.29 is 27.6 Å². The summed E-state index contributed by atoms with van der Waals surface area (Å²) in [5.74, 6) is -1.06. The Labute approximate surface area is 245 Å². The fourth-order valence-corrected chi connectivity index (χ4v) is 5.90. The maximum atomic E-state index is 14.7. The van der Waals surface area contributed by atoms with Gasteiger partial charge in [-0.2, -0.15) is 10.2 Å². The number of nitrogens with zero attached hydrogens (tertiary/aromatic N) is 4. The van der Waals surface area contributed by atoms with E-state index < -0.39 is 35.9 Å². The van der Waals surface area contributed by atoms with Gasteiger partial charge in [0.25, 0.3) is 0 Å². The maximum Gasteiger partial charge on any atom is 0.243 e. The SMILES string of the molecule is CC(=O)c1cn(CC(=O)N2CC(F)CC2C(=O)NC(C)c2oc3ccc(F)cc3c2C)c2ccc(-c3ccnnc3)cc12. The van der Waals surface area contributed by atoms with Crippen LogP contribution in [0.15, 0.2) is 65.5 Å². The summed E-state index contributed by atoms with van der Waals surface area (Å²) in [5.41, 5.74) is 3.95. The van der Waals surface area contributed by atoms with Gasteiger partial charge >= 0.3 is 0 Å². The number of alkyl halides is 1. The number of likely N-dealkylation sites (tertiary alicyclic amines) is 1. The molecule has 1 aliphatic heterocycles. The number of Topliss-reactive ketones (excluding diaryl/α,β-unsaturated/α-hetero) is 1. The first-order chi connectivity index (χ1) is 20.6. The summed E-state index contributed by atoms with van der Waals surface area (Å²) in [7, 11) is 0. The van der Waals surface area contributed by atoms with Crippen LogP contribution in [0.5, 0.6) is 0 Å². The minimum Gasteiger partial charge on any atom is -0.459 e. The second-order valence-corrected chi connectivity index (χ2v) is 10.9. The van der Waals surface area contributed by atoms with Crippen LogP contribution >= 0.6 is 0 Å². The molecule has 1 saturated heterocycles. The highest BCUT2D eigenvalue weighted by atomic mass is 19.1. The standard InChI is InChI=1S/C32H29F2N5O4/c1-17-24-11-22(33)5-7-29(24)43-31(17)18(2)37-32(42)28-12-23(34)14-39(28)30(41)16-38-15-26(19(3)40)25-10-20(4-6-27(25)38)21-8-9-35-36-13-21/h4-11,13,15,18,23,28H,12,14,16H2,1-3H3,(H,37,42). The Hall–Kier alpha value is -4.93. The first-order valence-electron chi connectivity index (χ1n) is 13.9. The maximum absolute atomic E-state index is 14.7. The molecule has 4 heterocycles. The van der Waals surface area contributed by atoms with Crippen molar-refractivity contribution in [3.63, 3.8) is 0 Å². The molecule has 0 saturated carbocycles. The van der Waals surface area contributed by atoms with Crippen molar-refractivity contribution in [1.29, 1.82) is 0 Å². The number of benzene rings is 2. The number of carbonyl (C=O) groups excluding carboxylic acids is 3. The number of hydrogen-bond donors (Lipinski definition) is 1. The van der Waals surface area contributed by atoms with Gasteiger partial charge in [-0.15, -0.1) is 0 Å². The van der Waals surface area contributed by atoms with Gasteiger partial charge in [-0.1, -0.05) is 6.07 Å². The molecule has 5 aromatic rings. The fraction of sp³-hybridized carbons (Fsp3) is 0.281. The van der Waals surface area contributed by atoms with Crippen LogP contribution < -0.4 is 5.32 Å². The third-order valence-corrected chi connectivity index (χ3v) is 8.04. The zero-order valence-corrected chi connectivity index (χ0v) is 23.8. The van der Waals surface area contributed by atoms with E-state index in [0.29, 0.717) is 38.8 Å². The number of hydrogen-bond acceptors (Lipinski definition) is 6. The lowest BCUT2D eigenvalue weighted by Gasteiger charge is -2.25. The molecule has 0 aliphatic carbocycles. The molecular weight excluding hydrogens is 556 g/mol. The molecule has 0 radical (unpaired) electrons. The van der Waals surface area contributed by atoms with Crippen LogP contribution in [0.2, 0.25) is 0 Å². The van der Waals surface area contributed by atoms with Crippen LogP contribution in [0.3, 0.4) is 0 Å². The van der Waals surface area contributed by atoms with Gasteiger partial charge in [0, 0.05) is 45.6 Å². The Morgan fingerprint density at radius 2 is 1.91 bits per heavy atom. The normalized spacial score (nSPS) is 17.5. The van der Waals surface area contributed by atoms with Gasteiger partial charge < -0.3 is 19.2 Å². The molecule has 1 aliphatic rings. The number of nitrogens with one attached hydrogen (secondary N) is 1. The topological polar surface area (TPSA) is 110 Å². The average Bonchev–Trinajstić information content (AvgIpc) is 3.66. The molecule has 0 bridgehead atoms. The minimum absolute atomic E-state index is 0.136. The molecular formula is C32H29F2N5O4. The van der Waals surface area contributed by atoms with Gasteiger partial charge in [0.15, 0.2) is 5.78 Å². The molecule has 0 spiro atoms. The highest BCUT2D eigenvalue weighted by Crippen LogP contribution is 2.32. The van der Waals surface area contributed by atoms with Crippen molar-refractivity contribution >= 4 is 39.5 Å². The summed E-state index contributed by atoms with van der Waals surface area (Å²) < 4.78 is 36.0. The number of amides is 2. The summed E-state index contributed by atoms with van der Waals surface area (Å²) in [4.78, 5) is 40.7. The molecule has 1 N–H and O–H groups in total. The molecule has 43 heavy (non-hydrogen) atoms. The number of aryl methyl sites for hydroxylation is 1. The smallest absolute Gasteiger partial charge is 0.243 e. The van der Waals surface area contributed by atoms with Crippen molar-refractivity contribution in [3.05, 3.63) is 83.8 Å². The Balaban J connectivity index is 1.23. The third-order valence-electron chi connectivity index (χ3n) is 8.04. The summed E-state index contributed by atoms with van der Waals surface area (Å²) in [6.07, 6.45) is 3.32. The molecule has 3 unspecified atom stereocenters. The number of halogens is 2. The van der Waals surface area contributed by atoms with Gasteiger partial charge in [0.1, 0.15) is 35.9 Å². The first-order valence-corrected chi connectivity index (χ1v) is 13.9. The van der Waals surface area contributed by atoms with Crippen LogP contribution in [0.4, 0.5) is 8.78 Å². The number of fused-ring (bicyclic) bond motifs is 2. The van der Waals surface area contributed by atoms with E-state index in [4.69, 9.17) is 4.42 Å². The van der Waals surface area contributed by atoms with E-state index in [1.54, 1.807) is 37.0 Å². The number of furan rings is 1. The van der Waals surface area contributed by atoms with Gasteiger partial charge in [-0.3, -0.25) is 14.4 Å². The van der Waals surface area contributed by atoms with Crippen LogP contribution in [0.1, 0.15) is 48.0 Å². The number of aromatic nitrogens is 3. The van der Waals surface area contributed by atoms with Crippen molar-refractivity contribution in [3.8, 4) is 11.1 Å². The molecule has 6 rings (SSSR count). The Kier molecular flexibility index (Phi) is 7.25. The lowest BCUT2D eigenvalue weighted by Crippen LogP contribution is -2.47. The van der Waals surface area contributed by atoms with Crippen molar-refractivity contribution in [2.45, 2.75) is 52.0 Å². The second-order valence-electron chi connectivity index (χ2n) is 10.9. The minimum atomic E-state index is -1.36. The Morgan fingerprint density at radius 3 is 2.65 bits per heavy atom. The fourth-order valence-electron chi connectivity index (χ4n) is 5.90. The molecule has 3 atom stereocenters. The summed E-state index contributed by atoms with van der Waals surface area (Å²) in [6.45, 7) is 4.56. The number of ketones is 1. The molecule has 1 fully saturated rings. The van der Waals surface area contributed by atoms with E-state index in [1.807, 2.05) is 24.3 Å². The van der Waals surface area contributed by atoms with Gasteiger partial charge in [-0.05, 0) is 62.7 Å². The largest absolute Gasteiger partial charge is 0.459 e. The molecule has 11 heteroatoms. The van der Waals surface area contributed by atoms with Crippen LogP contribution in [0.25, 0.3) is 33.0 Å². The lowest BCUT2D eigenvalue weighted by atomic mass is 10.0. The molecule has 2 amide bonds. The van der Waals surface area contributed by atoms with Gasteiger partial charge in [-0.25, -0.2) is 8.78 Å². The van der Waals surface area contributed by atoms with E-state index in [1.165, 1.54) is 30.0 Å². The van der Waals surface area contributed by atoms with Crippen molar-refractivity contribution in [1.82, 2.24) is 25.0 Å². The monoisotopic (exact) mass is 585 g/mol. The van der Waals surface area contributed by atoms with Crippen LogP contribution in [-0.4, -0.2) is 56.0 Å². The Morgan fingerprint density at radius 1 is 1.09 bits per heavy atom. The van der Waals surface area contributed by atoms with Gasteiger partial charge in [0.2, 0.25) is 11.8 Å². The first kappa shape index (κ1) is 28.2. The van der Waals surface area contributed by atoms with E-state index in [-0.39, 0.29) is 25.3 Å². The summed E-state index contributed by atoms with van der Waals surface area (Å²) >= 11 is 0. The van der Waals surface area contributed by atoms with Gasteiger partial charge in [0.05, 0.1) is 25.0 Å². The van der Waals surface area contributed by atoms with Crippen molar-refractivity contribution in [2.75, 3.05) is 6.54 Å². The Bertz CT molecular complexity index is 1880. The molecule has 3 aromatic heterocycles. The summed E-state index contributed by atoms with van der Waals surface area (Å²) in [5, 5.41) is 11.8. The van der Waals surface area contributed by atoms with E-state index in [9.17, 15) is 23.2 Å². The van der Waals surface area contributed by atoms with E-state index in [0.717, 1.165) is 11.1 Å². The average molecular weight is 586 g/mol. The second kappa shape index (κ2) is 11.0. The van der Waals surface area contributed by atoms with E-state index in [2.05, 4.69) is 15.5 Å². The zero-order valence-electron chi connectivity index (χ0n) is 23.8. The number of carbonyl (C=O) groups is 3. The quantitative estimate of drug-likeness (QED) is 0.259. The predicted octanol–water partition coefficient (Wildman–Crippen LogP) is 5.31. The zero-order chi connectivity index (χ0) is 30.4. The predicted molar refractivity (Wildman–Crippen MR) is 155 cm³/mol. The van der Waals surface area contributed by atoms with E-state index >= 15 is 0 Å².